The van der Waals surface area contributed by atoms with Crippen LogP contribution < -0.4 is 5.32 Å². The monoisotopic (exact) mass is 242 g/mol. The molecule has 1 amide bonds. The van der Waals surface area contributed by atoms with Gasteiger partial charge in [0.1, 0.15) is 5.92 Å². The molecule has 1 unspecified atom stereocenters. The zero-order valence-electron chi connectivity index (χ0n) is 9.40. The second kappa shape index (κ2) is 5.07. The third-order valence-corrected chi connectivity index (χ3v) is 3.15. The molecule has 0 aliphatic carbocycles. The van der Waals surface area contributed by atoms with Crippen molar-refractivity contribution in [3.05, 3.63) is 10.6 Å². The first-order valence-electron chi connectivity index (χ1n) is 4.95. The first kappa shape index (κ1) is 12.6. The quantitative estimate of drug-likeness (QED) is 0.787. The summed E-state index contributed by atoms with van der Waals surface area (Å²) in [5.41, 5.74) is 0.934. The number of hydrogen-bond donors (Lipinski definition) is 2. The summed E-state index contributed by atoms with van der Waals surface area (Å²) in [6.07, 6.45) is 0.798. The van der Waals surface area contributed by atoms with Crippen LogP contribution in [0.25, 0.3) is 0 Å². The molecule has 0 aromatic carbocycles. The van der Waals surface area contributed by atoms with Crippen molar-refractivity contribution in [2.24, 2.45) is 5.92 Å². The Hall–Kier alpha value is -1.43. The lowest BCUT2D eigenvalue weighted by atomic mass is 10.2. The molecular formula is C10H14N2O3S. The Balaban J connectivity index is 2.73. The molecule has 1 aromatic heterocycles. The Morgan fingerprint density at radius 2 is 2.19 bits per heavy atom. The number of amides is 1. The molecule has 1 atom stereocenters. The molecule has 0 spiro atoms. The molecule has 0 saturated heterocycles. The molecule has 0 aliphatic heterocycles. The van der Waals surface area contributed by atoms with Crippen molar-refractivity contribution in [2.75, 3.05) is 5.32 Å². The Bertz CT molecular complexity index is 414. The molecular weight excluding hydrogens is 228 g/mol. The molecule has 1 aromatic rings. The van der Waals surface area contributed by atoms with Gasteiger partial charge in [0, 0.05) is 4.88 Å². The van der Waals surface area contributed by atoms with Gasteiger partial charge in [-0.25, -0.2) is 4.98 Å². The van der Waals surface area contributed by atoms with Gasteiger partial charge in [-0.2, -0.15) is 0 Å². The summed E-state index contributed by atoms with van der Waals surface area (Å²) in [6, 6.07) is 0. The number of aliphatic carboxylic acids is 1. The highest BCUT2D eigenvalue weighted by atomic mass is 32.1. The number of anilines is 1. The molecule has 0 saturated carbocycles. The van der Waals surface area contributed by atoms with Gasteiger partial charge in [0.15, 0.2) is 5.13 Å². The van der Waals surface area contributed by atoms with E-state index in [1.165, 1.54) is 18.3 Å². The summed E-state index contributed by atoms with van der Waals surface area (Å²) in [5, 5.41) is 11.6. The average molecular weight is 242 g/mol. The first-order valence-corrected chi connectivity index (χ1v) is 5.77. The highest BCUT2D eigenvalue weighted by Gasteiger charge is 2.21. The lowest BCUT2D eigenvalue weighted by Crippen LogP contribution is -2.26. The van der Waals surface area contributed by atoms with Gasteiger partial charge in [0.05, 0.1) is 5.69 Å². The fraction of sp³-hybridized carbons (Fsp3) is 0.500. The summed E-state index contributed by atoms with van der Waals surface area (Å²) < 4.78 is 0. The number of carboxylic acid groups (broad SMARTS) is 1. The maximum Gasteiger partial charge on any atom is 0.315 e. The van der Waals surface area contributed by atoms with Gasteiger partial charge < -0.3 is 10.4 Å². The van der Waals surface area contributed by atoms with Gasteiger partial charge in [-0.05, 0) is 20.3 Å². The Morgan fingerprint density at radius 1 is 1.56 bits per heavy atom. The summed E-state index contributed by atoms with van der Waals surface area (Å²) in [5.74, 6) is -2.74. The fourth-order valence-electron chi connectivity index (χ4n) is 1.14. The standard InChI is InChI=1S/C10H14N2O3S/c1-4-7-6(3)16-10(11-7)12-8(13)5(2)9(14)15/h5H,4H2,1-3H3,(H,14,15)(H,11,12,13). The lowest BCUT2D eigenvalue weighted by molar-refractivity contribution is -0.144. The average Bonchev–Trinajstić information content (AvgIpc) is 2.57. The summed E-state index contributed by atoms with van der Waals surface area (Å²) >= 11 is 1.36. The van der Waals surface area contributed by atoms with Crippen molar-refractivity contribution in [3.63, 3.8) is 0 Å². The van der Waals surface area contributed by atoms with Crippen LogP contribution in [0.3, 0.4) is 0 Å². The minimum Gasteiger partial charge on any atom is -0.481 e. The van der Waals surface area contributed by atoms with E-state index in [1.807, 2.05) is 13.8 Å². The molecule has 1 rings (SSSR count). The number of hydrogen-bond acceptors (Lipinski definition) is 4. The van der Waals surface area contributed by atoms with E-state index >= 15 is 0 Å². The van der Waals surface area contributed by atoms with E-state index in [-0.39, 0.29) is 0 Å². The molecule has 5 nitrogen and oxygen atoms in total. The topological polar surface area (TPSA) is 79.3 Å². The van der Waals surface area contributed by atoms with Gasteiger partial charge in [0.25, 0.3) is 0 Å². The maximum atomic E-state index is 11.4. The molecule has 2 N–H and O–H groups in total. The van der Waals surface area contributed by atoms with Crippen LogP contribution in [0.5, 0.6) is 0 Å². The van der Waals surface area contributed by atoms with Gasteiger partial charge in [-0.3, -0.25) is 9.59 Å². The number of aryl methyl sites for hydroxylation is 2. The Morgan fingerprint density at radius 3 is 2.62 bits per heavy atom. The highest BCUT2D eigenvalue weighted by molar-refractivity contribution is 7.15. The van der Waals surface area contributed by atoms with Crippen LogP contribution in [0.15, 0.2) is 0 Å². The predicted octanol–water partition coefficient (Wildman–Crippen LogP) is 1.67. The van der Waals surface area contributed by atoms with E-state index in [4.69, 9.17) is 5.11 Å². The maximum absolute atomic E-state index is 11.4. The SMILES string of the molecule is CCc1nc(NC(=O)C(C)C(=O)O)sc1C. The van der Waals surface area contributed by atoms with E-state index < -0.39 is 17.8 Å². The molecule has 6 heteroatoms. The summed E-state index contributed by atoms with van der Waals surface area (Å²) in [6.45, 7) is 5.25. The van der Waals surface area contributed by atoms with Crippen molar-refractivity contribution >= 4 is 28.3 Å². The molecule has 1 heterocycles. The molecule has 0 fully saturated rings. The minimum atomic E-state index is -1.14. The van der Waals surface area contributed by atoms with Crippen LogP contribution in [0, 0.1) is 12.8 Å². The van der Waals surface area contributed by atoms with Gasteiger partial charge in [-0.1, -0.05) is 6.92 Å². The highest BCUT2D eigenvalue weighted by Crippen LogP contribution is 2.22. The first-order chi connectivity index (χ1) is 7.45. The molecule has 16 heavy (non-hydrogen) atoms. The lowest BCUT2D eigenvalue weighted by Gasteiger charge is -2.04. The van der Waals surface area contributed by atoms with Crippen LogP contribution in [-0.4, -0.2) is 22.0 Å². The third-order valence-electron chi connectivity index (χ3n) is 2.22. The molecule has 0 aliphatic rings. The van der Waals surface area contributed by atoms with Crippen molar-refractivity contribution in [2.45, 2.75) is 27.2 Å². The van der Waals surface area contributed by atoms with Crippen LogP contribution in [0.1, 0.15) is 24.4 Å². The largest absolute Gasteiger partial charge is 0.481 e. The second-order valence-electron chi connectivity index (χ2n) is 3.42. The van der Waals surface area contributed by atoms with E-state index in [0.29, 0.717) is 5.13 Å². The molecule has 0 radical (unpaired) electrons. The number of thiazole rings is 1. The van der Waals surface area contributed by atoms with Crippen LogP contribution in [0.2, 0.25) is 0 Å². The fourth-order valence-corrected chi connectivity index (χ4v) is 2.04. The number of carbonyl (C=O) groups excluding carboxylic acids is 1. The van der Waals surface area contributed by atoms with Crippen LogP contribution >= 0.6 is 11.3 Å². The third kappa shape index (κ3) is 2.79. The van der Waals surface area contributed by atoms with Crippen LogP contribution in [-0.2, 0) is 16.0 Å². The van der Waals surface area contributed by atoms with Crippen molar-refractivity contribution < 1.29 is 14.7 Å². The molecule has 0 bridgehead atoms. The number of nitrogens with zero attached hydrogens (tertiary/aromatic N) is 1. The summed E-state index contributed by atoms with van der Waals surface area (Å²) in [4.78, 5) is 27.3. The normalized spacial score (nSPS) is 12.2. The predicted molar refractivity (Wildman–Crippen MR) is 61.7 cm³/mol. The number of carboxylic acids is 1. The van der Waals surface area contributed by atoms with E-state index in [2.05, 4.69) is 10.3 Å². The van der Waals surface area contributed by atoms with Crippen molar-refractivity contribution in [1.82, 2.24) is 4.98 Å². The Kier molecular flexibility index (Phi) is 4.00. The number of rotatable bonds is 4. The number of nitrogens with one attached hydrogen (secondary N) is 1. The van der Waals surface area contributed by atoms with Crippen LogP contribution in [0.4, 0.5) is 5.13 Å². The minimum absolute atomic E-state index is 0.465. The zero-order valence-corrected chi connectivity index (χ0v) is 10.2. The Labute approximate surface area is 97.5 Å². The van der Waals surface area contributed by atoms with Gasteiger partial charge in [0.2, 0.25) is 5.91 Å². The zero-order chi connectivity index (χ0) is 12.3. The summed E-state index contributed by atoms with van der Waals surface area (Å²) in [7, 11) is 0. The van der Waals surface area contributed by atoms with Gasteiger partial charge in [-0.15, -0.1) is 11.3 Å². The van der Waals surface area contributed by atoms with Gasteiger partial charge >= 0.3 is 5.97 Å². The van der Waals surface area contributed by atoms with Crippen molar-refractivity contribution in [3.8, 4) is 0 Å². The van der Waals surface area contributed by atoms with E-state index in [0.717, 1.165) is 17.0 Å². The van der Waals surface area contributed by atoms with E-state index in [1.54, 1.807) is 0 Å². The molecule has 88 valence electrons. The smallest absolute Gasteiger partial charge is 0.315 e. The second-order valence-corrected chi connectivity index (χ2v) is 4.63. The van der Waals surface area contributed by atoms with Crippen molar-refractivity contribution in [1.29, 1.82) is 0 Å². The van der Waals surface area contributed by atoms with E-state index in [9.17, 15) is 9.59 Å². The number of aromatic nitrogens is 1. The number of carbonyl (C=O) groups is 2.